The summed E-state index contributed by atoms with van der Waals surface area (Å²) in [6.07, 6.45) is 1.79. The van der Waals surface area contributed by atoms with E-state index < -0.39 is 6.79 Å². The van der Waals surface area contributed by atoms with Crippen molar-refractivity contribution in [2.45, 2.75) is 26.4 Å². The summed E-state index contributed by atoms with van der Waals surface area (Å²) in [6, 6.07) is 13.8. The second-order valence-corrected chi connectivity index (χ2v) is 4.95. The summed E-state index contributed by atoms with van der Waals surface area (Å²) in [4.78, 5) is 0. The molecule has 0 fully saturated rings. The van der Waals surface area contributed by atoms with Crippen molar-refractivity contribution in [3.63, 3.8) is 0 Å². The molecule has 0 saturated heterocycles. The van der Waals surface area contributed by atoms with Crippen LogP contribution < -0.4 is 9.47 Å². The summed E-state index contributed by atoms with van der Waals surface area (Å²) >= 11 is 0. The molecule has 4 heteroatoms. The van der Waals surface area contributed by atoms with Crippen molar-refractivity contribution < 1.29 is 19.7 Å². The Hall–Kier alpha value is -2.04. The number of aliphatic hydroxyl groups excluding tert-OH is 2. The maximum atomic E-state index is 9.36. The van der Waals surface area contributed by atoms with Crippen LogP contribution in [0.1, 0.15) is 23.6 Å². The molecule has 0 bridgehead atoms. The van der Waals surface area contributed by atoms with Gasteiger partial charge in [-0.05, 0) is 55.2 Å². The van der Waals surface area contributed by atoms with Crippen molar-refractivity contribution >= 4 is 0 Å². The van der Waals surface area contributed by atoms with Gasteiger partial charge in [0.1, 0.15) is 11.5 Å². The van der Waals surface area contributed by atoms with Crippen LogP contribution in [0.15, 0.2) is 42.5 Å². The predicted octanol–water partition coefficient (Wildman–Crippen LogP) is 2.69. The highest BCUT2D eigenvalue weighted by molar-refractivity contribution is 5.37. The molecule has 118 valence electrons. The fraction of sp³-hybridized carbons (Fsp3) is 0.333. The molecule has 0 aromatic heterocycles. The van der Waals surface area contributed by atoms with Crippen LogP contribution in [-0.4, -0.2) is 23.6 Å². The van der Waals surface area contributed by atoms with Crippen LogP contribution in [0.25, 0.3) is 0 Å². The van der Waals surface area contributed by atoms with Gasteiger partial charge in [-0.25, -0.2) is 0 Å². The average molecular weight is 302 g/mol. The normalized spacial score (nSPS) is 10.5. The van der Waals surface area contributed by atoms with E-state index in [9.17, 15) is 5.11 Å². The van der Waals surface area contributed by atoms with E-state index in [0.717, 1.165) is 24.2 Å². The molecule has 2 rings (SSSR count). The third-order valence-corrected chi connectivity index (χ3v) is 3.45. The summed E-state index contributed by atoms with van der Waals surface area (Å²) in [5.41, 5.74) is 3.06. The highest BCUT2D eigenvalue weighted by Gasteiger charge is 2.05. The molecule has 0 heterocycles. The lowest BCUT2D eigenvalue weighted by atomic mass is 10.0. The molecular weight excluding hydrogens is 280 g/mol. The molecular formula is C18H22O4. The van der Waals surface area contributed by atoms with Crippen molar-refractivity contribution in [1.29, 1.82) is 0 Å². The first-order chi connectivity index (χ1) is 10.8. The number of rotatable bonds is 8. The summed E-state index contributed by atoms with van der Waals surface area (Å²) < 4.78 is 10.5. The summed E-state index contributed by atoms with van der Waals surface area (Å²) in [6.45, 7) is 2.15. The topological polar surface area (TPSA) is 58.9 Å². The maximum Gasteiger partial charge on any atom is 0.186 e. The SMILES string of the molecule is CCOc1ccc(CCc2ccc(OCO)c(CO)c2)cc1. The second-order valence-electron chi connectivity index (χ2n) is 4.95. The van der Waals surface area contributed by atoms with Gasteiger partial charge in [0.25, 0.3) is 0 Å². The zero-order valence-corrected chi connectivity index (χ0v) is 12.8. The van der Waals surface area contributed by atoms with E-state index in [2.05, 4.69) is 12.1 Å². The van der Waals surface area contributed by atoms with Gasteiger partial charge in [-0.1, -0.05) is 18.2 Å². The molecule has 0 unspecified atom stereocenters. The molecule has 0 aliphatic heterocycles. The fourth-order valence-electron chi connectivity index (χ4n) is 2.33. The third kappa shape index (κ3) is 4.48. The molecule has 2 aromatic rings. The Morgan fingerprint density at radius 2 is 1.55 bits per heavy atom. The van der Waals surface area contributed by atoms with Crippen molar-refractivity contribution in [3.8, 4) is 11.5 Å². The van der Waals surface area contributed by atoms with Crippen molar-refractivity contribution in [1.82, 2.24) is 0 Å². The van der Waals surface area contributed by atoms with Crippen molar-refractivity contribution in [2.75, 3.05) is 13.4 Å². The standard InChI is InChI=1S/C18H22O4/c1-2-21-17-8-5-14(6-9-17)3-4-15-7-10-18(22-13-20)16(11-15)12-19/h5-11,19-20H,2-4,12-13H2,1H3. The molecule has 0 aliphatic rings. The molecule has 0 atom stereocenters. The van der Waals surface area contributed by atoms with Crippen LogP contribution in [-0.2, 0) is 19.4 Å². The van der Waals surface area contributed by atoms with Crippen molar-refractivity contribution in [2.24, 2.45) is 0 Å². The first kappa shape index (κ1) is 16.3. The lowest BCUT2D eigenvalue weighted by molar-refractivity contribution is 0.0959. The van der Waals surface area contributed by atoms with E-state index in [-0.39, 0.29) is 6.61 Å². The van der Waals surface area contributed by atoms with Crippen LogP contribution in [0.3, 0.4) is 0 Å². The van der Waals surface area contributed by atoms with E-state index in [0.29, 0.717) is 17.9 Å². The van der Waals surface area contributed by atoms with E-state index in [4.69, 9.17) is 14.6 Å². The zero-order valence-electron chi connectivity index (χ0n) is 12.8. The van der Waals surface area contributed by atoms with Gasteiger partial charge in [0.15, 0.2) is 6.79 Å². The molecule has 22 heavy (non-hydrogen) atoms. The first-order valence-electron chi connectivity index (χ1n) is 7.45. The van der Waals surface area contributed by atoms with Crippen LogP contribution in [0.5, 0.6) is 11.5 Å². The first-order valence-corrected chi connectivity index (χ1v) is 7.45. The van der Waals surface area contributed by atoms with E-state index in [1.807, 2.05) is 31.2 Å². The van der Waals surface area contributed by atoms with Crippen LogP contribution in [0.2, 0.25) is 0 Å². The van der Waals surface area contributed by atoms with Gasteiger partial charge in [0.2, 0.25) is 0 Å². The molecule has 0 amide bonds. The van der Waals surface area contributed by atoms with Gasteiger partial charge in [-0.15, -0.1) is 0 Å². The van der Waals surface area contributed by atoms with Crippen LogP contribution >= 0.6 is 0 Å². The summed E-state index contributed by atoms with van der Waals surface area (Å²) in [5.74, 6) is 1.41. The molecule has 0 aliphatic carbocycles. The molecule has 0 saturated carbocycles. The Bertz CT molecular complexity index is 578. The number of benzene rings is 2. The molecule has 0 spiro atoms. The largest absolute Gasteiger partial charge is 0.494 e. The smallest absolute Gasteiger partial charge is 0.186 e. The van der Waals surface area contributed by atoms with Crippen molar-refractivity contribution in [3.05, 3.63) is 59.2 Å². The van der Waals surface area contributed by atoms with Gasteiger partial charge >= 0.3 is 0 Å². The molecule has 0 radical (unpaired) electrons. The number of hydrogen-bond acceptors (Lipinski definition) is 4. The lowest BCUT2D eigenvalue weighted by Gasteiger charge is -2.10. The average Bonchev–Trinajstić information content (AvgIpc) is 2.55. The Morgan fingerprint density at radius 1 is 0.864 bits per heavy atom. The highest BCUT2D eigenvalue weighted by Crippen LogP contribution is 2.21. The van der Waals surface area contributed by atoms with Crippen LogP contribution in [0.4, 0.5) is 0 Å². The number of ether oxygens (including phenoxy) is 2. The van der Waals surface area contributed by atoms with Gasteiger partial charge in [-0.3, -0.25) is 0 Å². The third-order valence-electron chi connectivity index (χ3n) is 3.45. The number of hydrogen-bond donors (Lipinski definition) is 2. The Balaban J connectivity index is 1.98. The molecule has 2 aromatic carbocycles. The fourth-order valence-corrected chi connectivity index (χ4v) is 2.33. The minimum atomic E-state index is -0.390. The predicted molar refractivity (Wildman–Crippen MR) is 85.1 cm³/mol. The monoisotopic (exact) mass is 302 g/mol. The zero-order chi connectivity index (χ0) is 15.8. The number of aliphatic hydroxyl groups is 2. The maximum absolute atomic E-state index is 9.36. The lowest BCUT2D eigenvalue weighted by Crippen LogP contribution is -2.00. The van der Waals surface area contributed by atoms with Gasteiger partial charge < -0.3 is 19.7 Å². The highest BCUT2D eigenvalue weighted by atomic mass is 16.6. The van der Waals surface area contributed by atoms with Gasteiger partial charge in [0, 0.05) is 5.56 Å². The summed E-state index contributed by atoms with van der Waals surface area (Å²) in [7, 11) is 0. The Kier molecular flexibility index (Phi) is 6.25. The van der Waals surface area contributed by atoms with Gasteiger partial charge in [-0.2, -0.15) is 0 Å². The minimum absolute atomic E-state index is 0.105. The van der Waals surface area contributed by atoms with Crippen LogP contribution in [0, 0.1) is 0 Å². The van der Waals surface area contributed by atoms with E-state index in [1.165, 1.54) is 5.56 Å². The van der Waals surface area contributed by atoms with E-state index in [1.54, 1.807) is 6.07 Å². The Labute approximate surface area is 130 Å². The minimum Gasteiger partial charge on any atom is -0.494 e. The quantitative estimate of drug-likeness (QED) is 0.736. The number of aryl methyl sites for hydroxylation is 2. The van der Waals surface area contributed by atoms with E-state index >= 15 is 0 Å². The molecule has 2 N–H and O–H groups in total. The van der Waals surface area contributed by atoms with Gasteiger partial charge in [0.05, 0.1) is 13.2 Å². The molecule has 4 nitrogen and oxygen atoms in total. The Morgan fingerprint density at radius 3 is 2.18 bits per heavy atom. The second kappa shape index (κ2) is 8.41. The summed E-state index contributed by atoms with van der Waals surface area (Å²) in [5, 5.41) is 18.2.